The minimum absolute atomic E-state index is 0.0115. The molecule has 0 saturated carbocycles. The molecule has 5 nitrogen and oxygen atoms in total. The number of hydrogen-bond acceptors (Lipinski definition) is 3. The van der Waals surface area contributed by atoms with Gasteiger partial charge in [-0.25, -0.2) is 0 Å². The van der Waals surface area contributed by atoms with E-state index in [4.69, 9.17) is 0 Å². The fourth-order valence-corrected chi connectivity index (χ4v) is 3.98. The fraction of sp³-hybridized carbons (Fsp3) is 0.240. The van der Waals surface area contributed by atoms with Gasteiger partial charge in [0.25, 0.3) is 0 Å². The van der Waals surface area contributed by atoms with Crippen LogP contribution in [-0.2, 0) is 22.6 Å². The van der Waals surface area contributed by atoms with Crippen LogP contribution in [0.1, 0.15) is 41.1 Å². The van der Waals surface area contributed by atoms with E-state index in [0.29, 0.717) is 13.1 Å². The third-order valence-corrected chi connectivity index (χ3v) is 5.52. The van der Waals surface area contributed by atoms with Gasteiger partial charge < -0.3 is 10.2 Å². The van der Waals surface area contributed by atoms with Crippen molar-refractivity contribution in [3.05, 3.63) is 101 Å². The van der Waals surface area contributed by atoms with Crippen LogP contribution >= 0.6 is 0 Å². The van der Waals surface area contributed by atoms with Gasteiger partial charge in [0, 0.05) is 38.3 Å². The summed E-state index contributed by atoms with van der Waals surface area (Å²) >= 11 is 0. The van der Waals surface area contributed by atoms with Crippen LogP contribution in [0.4, 0.5) is 0 Å². The Bertz CT molecular complexity index is 1010. The molecule has 0 radical (unpaired) electrons. The van der Waals surface area contributed by atoms with Crippen molar-refractivity contribution in [2.75, 3.05) is 6.54 Å². The number of aromatic nitrogens is 1. The lowest BCUT2D eigenvalue weighted by Gasteiger charge is -2.38. The van der Waals surface area contributed by atoms with Gasteiger partial charge in [-0.3, -0.25) is 14.6 Å². The number of carbonyl (C=O) groups is 2. The van der Waals surface area contributed by atoms with E-state index in [1.165, 1.54) is 11.1 Å². The summed E-state index contributed by atoms with van der Waals surface area (Å²) in [6, 6.07) is 22.0. The second kappa shape index (κ2) is 9.35. The molecular formula is C25H25N3O2. The molecule has 1 atom stereocenters. The van der Waals surface area contributed by atoms with Gasteiger partial charge in [-0.05, 0) is 40.8 Å². The van der Waals surface area contributed by atoms with E-state index in [1.807, 2.05) is 47.4 Å². The molecule has 0 bridgehead atoms. The molecule has 0 spiro atoms. The first-order chi connectivity index (χ1) is 14.7. The van der Waals surface area contributed by atoms with Crippen molar-refractivity contribution in [2.24, 2.45) is 0 Å². The molecule has 0 aliphatic carbocycles. The molecule has 2 amide bonds. The molecule has 5 heteroatoms. The van der Waals surface area contributed by atoms with Crippen molar-refractivity contribution < 1.29 is 9.59 Å². The summed E-state index contributed by atoms with van der Waals surface area (Å²) in [5, 5.41) is 2.88. The normalized spacial score (nSPS) is 15.3. The highest BCUT2D eigenvalue weighted by Crippen LogP contribution is 2.35. The van der Waals surface area contributed by atoms with Crippen LogP contribution in [0.2, 0.25) is 0 Å². The van der Waals surface area contributed by atoms with Crippen molar-refractivity contribution >= 4 is 11.8 Å². The lowest BCUT2D eigenvalue weighted by atomic mass is 9.88. The van der Waals surface area contributed by atoms with Crippen molar-refractivity contribution in [1.82, 2.24) is 15.2 Å². The Morgan fingerprint density at radius 3 is 2.47 bits per heavy atom. The number of carbonyl (C=O) groups excluding carboxylic acids is 2. The van der Waals surface area contributed by atoms with Gasteiger partial charge in [-0.2, -0.15) is 0 Å². The molecule has 152 valence electrons. The maximum atomic E-state index is 13.1. The van der Waals surface area contributed by atoms with Crippen molar-refractivity contribution in [3.8, 4) is 0 Å². The second-order valence-corrected chi connectivity index (χ2v) is 7.48. The number of nitrogens with zero attached hydrogens (tertiary/aromatic N) is 2. The maximum absolute atomic E-state index is 13.1. The Hall–Kier alpha value is -3.47. The standard InChI is InChI=1S/C25H25N3O2/c29-23(27-18-19-12-15-26-16-13-19)10-11-24(30)28-17-14-20-6-4-5-9-22(20)25(28)21-7-2-1-3-8-21/h1-9,12-13,15-16,25H,10-11,14,17-18H2,(H,27,29)/t25-/m1/s1. The SMILES string of the molecule is O=C(CCC(=O)N1CCc2ccccc2[C@H]1c1ccccc1)NCc1ccncc1. The first kappa shape index (κ1) is 19.8. The fourth-order valence-electron chi connectivity index (χ4n) is 3.98. The lowest BCUT2D eigenvalue weighted by Crippen LogP contribution is -2.41. The topological polar surface area (TPSA) is 62.3 Å². The highest BCUT2D eigenvalue weighted by atomic mass is 16.2. The van der Waals surface area contributed by atoms with E-state index in [0.717, 1.165) is 17.5 Å². The summed E-state index contributed by atoms with van der Waals surface area (Å²) in [4.78, 5) is 31.3. The third kappa shape index (κ3) is 4.57. The van der Waals surface area contributed by atoms with Gasteiger partial charge in [0.05, 0.1) is 6.04 Å². The van der Waals surface area contributed by atoms with Crippen LogP contribution in [0.25, 0.3) is 0 Å². The Morgan fingerprint density at radius 1 is 0.933 bits per heavy atom. The van der Waals surface area contributed by atoms with E-state index in [9.17, 15) is 9.59 Å². The zero-order valence-corrected chi connectivity index (χ0v) is 16.8. The molecule has 1 aliphatic heterocycles. The number of rotatable bonds is 6. The van der Waals surface area contributed by atoms with Gasteiger partial charge in [-0.1, -0.05) is 54.6 Å². The Morgan fingerprint density at radius 2 is 1.67 bits per heavy atom. The summed E-state index contributed by atoms with van der Waals surface area (Å²) in [5.41, 5.74) is 4.54. The summed E-state index contributed by atoms with van der Waals surface area (Å²) in [7, 11) is 0. The van der Waals surface area contributed by atoms with Crippen LogP contribution in [0, 0.1) is 0 Å². The molecule has 2 aromatic carbocycles. The molecule has 0 saturated heterocycles. The van der Waals surface area contributed by atoms with Crippen molar-refractivity contribution in [2.45, 2.75) is 31.8 Å². The first-order valence-corrected chi connectivity index (χ1v) is 10.3. The first-order valence-electron chi connectivity index (χ1n) is 10.3. The number of amides is 2. The second-order valence-electron chi connectivity index (χ2n) is 7.48. The number of hydrogen-bond donors (Lipinski definition) is 1. The van der Waals surface area contributed by atoms with Gasteiger partial charge in [-0.15, -0.1) is 0 Å². The van der Waals surface area contributed by atoms with E-state index >= 15 is 0 Å². The molecule has 3 aromatic rings. The van der Waals surface area contributed by atoms with E-state index in [2.05, 4.69) is 34.6 Å². The Kier molecular flexibility index (Phi) is 6.18. The van der Waals surface area contributed by atoms with Crippen molar-refractivity contribution in [1.29, 1.82) is 0 Å². The van der Waals surface area contributed by atoms with Crippen LogP contribution in [0.5, 0.6) is 0 Å². The Labute approximate surface area is 176 Å². The molecule has 30 heavy (non-hydrogen) atoms. The average Bonchev–Trinajstić information content (AvgIpc) is 2.81. The van der Waals surface area contributed by atoms with Gasteiger partial charge in [0.2, 0.25) is 11.8 Å². The van der Waals surface area contributed by atoms with E-state index < -0.39 is 0 Å². The van der Waals surface area contributed by atoms with Gasteiger partial charge >= 0.3 is 0 Å². The Balaban J connectivity index is 1.43. The molecular weight excluding hydrogens is 374 g/mol. The zero-order chi connectivity index (χ0) is 20.8. The smallest absolute Gasteiger partial charge is 0.223 e. The minimum atomic E-state index is -0.117. The molecule has 2 heterocycles. The number of benzene rings is 2. The molecule has 0 fully saturated rings. The molecule has 0 unspecified atom stereocenters. The highest BCUT2D eigenvalue weighted by molar-refractivity contribution is 5.84. The third-order valence-electron chi connectivity index (χ3n) is 5.52. The molecule has 1 N–H and O–H groups in total. The number of nitrogens with one attached hydrogen (secondary N) is 1. The van der Waals surface area contributed by atoms with Gasteiger partial charge in [0.15, 0.2) is 0 Å². The van der Waals surface area contributed by atoms with Crippen molar-refractivity contribution in [3.63, 3.8) is 0 Å². The molecule has 4 rings (SSSR count). The predicted molar refractivity (Wildman–Crippen MR) is 115 cm³/mol. The summed E-state index contributed by atoms with van der Waals surface area (Å²) in [5.74, 6) is -0.105. The lowest BCUT2D eigenvalue weighted by molar-refractivity contribution is -0.135. The molecule has 1 aliphatic rings. The predicted octanol–water partition coefficient (Wildman–Crippen LogP) is 3.65. The van der Waals surface area contributed by atoms with Gasteiger partial charge in [0.1, 0.15) is 0 Å². The van der Waals surface area contributed by atoms with Crippen LogP contribution in [-0.4, -0.2) is 28.2 Å². The van der Waals surface area contributed by atoms with Crippen LogP contribution in [0.15, 0.2) is 79.1 Å². The summed E-state index contributed by atoms with van der Waals surface area (Å²) < 4.78 is 0. The highest BCUT2D eigenvalue weighted by Gasteiger charge is 2.31. The largest absolute Gasteiger partial charge is 0.352 e. The zero-order valence-electron chi connectivity index (χ0n) is 16.8. The summed E-state index contributed by atoms with van der Waals surface area (Å²) in [6.07, 6.45) is 4.61. The van der Waals surface area contributed by atoms with Crippen LogP contribution in [0.3, 0.4) is 0 Å². The number of fused-ring (bicyclic) bond motifs is 1. The minimum Gasteiger partial charge on any atom is -0.352 e. The number of pyridine rings is 1. The van der Waals surface area contributed by atoms with Crippen LogP contribution < -0.4 is 5.32 Å². The molecule has 1 aromatic heterocycles. The van der Waals surface area contributed by atoms with E-state index in [-0.39, 0.29) is 30.7 Å². The quantitative estimate of drug-likeness (QED) is 0.688. The van der Waals surface area contributed by atoms with E-state index in [1.54, 1.807) is 12.4 Å². The monoisotopic (exact) mass is 399 g/mol. The average molecular weight is 399 g/mol. The summed E-state index contributed by atoms with van der Waals surface area (Å²) in [6.45, 7) is 1.10. The maximum Gasteiger partial charge on any atom is 0.223 e.